The van der Waals surface area contributed by atoms with Crippen LogP contribution in [0.15, 0.2) is 72.9 Å². The zero-order chi connectivity index (χ0) is 23.2. The first-order chi connectivity index (χ1) is 16.0. The third kappa shape index (κ3) is 6.04. The van der Waals surface area contributed by atoms with E-state index in [-0.39, 0.29) is 18.1 Å². The number of nitrogen functional groups attached to an aromatic ring is 1. The summed E-state index contributed by atoms with van der Waals surface area (Å²) in [7, 11) is 0. The molecule has 3 aromatic carbocycles. The van der Waals surface area contributed by atoms with Gasteiger partial charge in [-0.25, -0.2) is 4.39 Å². The van der Waals surface area contributed by atoms with E-state index in [4.69, 9.17) is 5.73 Å². The van der Waals surface area contributed by atoms with Crippen molar-refractivity contribution in [2.75, 3.05) is 11.1 Å². The van der Waals surface area contributed by atoms with Crippen LogP contribution in [0.25, 0.3) is 11.1 Å². The summed E-state index contributed by atoms with van der Waals surface area (Å²) in [5.41, 5.74) is 12.0. The van der Waals surface area contributed by atoms with E-state index in [1.165, 1.54) is 23.3 Å². The quantitative estimate of drug-likeness (QED) is 0.384. The summed E-state index contributed by atoms with van der Waals surface area (Å²) in [6.07, 6.45) is 3.49. The SMILES string of the molecule is Cc1cccc(CCn2cc(CCC(=O)Nc3cc(-c4ccc(F)cc4)ccc3N)nn2)c1. The minimum atomic E-state index is -0.296. The minimum Gasteiger partial charge on any atom is -0.397 e. The molecule has 168 valence electrons. The average molecular weight is 444 g/mol. The number of amides is 1. The van der Waals surface area contributed by atoms with Gasteiger partial charge in [-0.3, -0.25) is 9.48 Å². The fourth-order valence-corrected chi connectivity index (χ4v) is 3.61. The fourth-order valence-electron chi connectivity index (χ4n) is 3.61. The first kappa shape index (κ1) is 22.2. The lowest BCUT2D eigenvalue weighted by Gasteiger charge is -2.10. The number of halogens is 1. The van der Waals surface area contributed by atoms with E-state index in [0.717, 1.165) is 29.8 Å². The van der Waals surface area contributed by atoms with Crippen molar-refractivity contribution in [2.24, 2.45) is 0 Å². The molecule has 0 aliphatic rings. The van der Waals surface area contributed by atoms with Crippen molar-refractivity contribution in [3.8, 4) is 11.1 Å². The van der Waals surface area contributed by atoms with Gasteiger partial charge in [-0.05, 0) is 54.3 Å². The topological polar surface area (TPSA) is 85.8 Å². The molecule has 0 saturated carbocycles. The maximum Gasteiger partial charge on any atom is 0.224 e. The Hall–Kier alpha value is -4.00. The van der Waals surface area contributed by atoms with Crippen LogP contribution in [0.1, 0.15) is 23.2 Å². The zero-order valence-corrected chi connectivity index (χ0v) is 18.5. The molecule has 0 spiro atoms. The molecule has 0 aliphatic heterocycles. The van der Waals surface area contributed by atoms with Crippen molar-refractivity contribution in [1.29, 1.82) is 0 Å². The number of aryl methyl sites for hydroxylation is 4. The monoisotopic (exact) mass is 443 g/mol. The highest BCUT2D eigenvalue weighted by molar-refractivity contribution is 5.95. The molecule has 6 nitrogen and oxygen atoms in total. The number of carbonyl (C=O) groups excluding carboxylic acids is 1. The predicted molar refractivity (Wildman–Crippen MR) is 128 cm³/mol. The number of benzene rings is 3. The summed E-state index contributed by atoms with van der Waals surface area (Å²) in [4.78, 5) is 12.5. The van der Waals surface area contributed by atoms with E-state index >= 15 is 0 Å². The van der Waals surface area contributed by atoms with Crippen LogP contribution in [0.2, 0.25) is 0 Å². The van der Waals surface area contributed by atoms with Crippen molar-refractivity contribution in [3.63, 3.8) is 0 Å². The highest BCUT2D eigenvalue weighted by atomic mass is 19.1. The Morgan fingerprint density at radius 2 is 1.82 bits per heavy atom. The van der Waals surface area contributed by atoms with E-state index in [0.29, 0.717) is 17.8 Å². The summed E-state index contributed by atoms with van der Waals surface area (Å²) in [5.74, 6) is -0.456. The van der Waals surface area contributed by atoms with Gasteiger partial charge in [0.15, 0.2) is 0 Å². The van der Waals surface area contributed by atoms with Crippen LogP contribution >= 0.6 is 0 Å². The molecule has 0 atom stereocenters. The molecule has 0 saturated heterocycles. The Morgan fingerprint density at radius 3 is 2.61 bits per heavy atom. The molecule has 4 rings (SSSR count). The number of hydrogen-bond acceptors (Lipinski definition) is 4. The Balaban J connectivity index is 1.31. The van der Waals surface area contributed by atoms with Crippen LogP contribution in [-0.2, 0) is 24.2 Å². The Labute approximate surface area is 192 Å². The normalized spacial score (nSPS) is 10.8. The van der Waals surface area contributed by atoms with Gasteiger partial charge in [-0.1, -0.05) is 53.2 Å². The number of rotatable bonds is 8. The van der Waals surface area contributed by atoms with Crippen molar-refractivity contribution in [1.82, 2.24) is 15.0 Å². The lowest BCUT2D eigenvalue weighted by molar-refractivity contribution is -0.116. The van der Waals surface area contributed by atoms with E-state index in [9.17, 15) is 9.18 Å². The summed E-state index contributed by atoms with van der Waals surface area (Å²) >= 11 is 0. The summed E-state index contributed by atoms with van der Waals surface area (Å²) in [5, 5.41) is 11.2. The third-order valence-corrected chi connectivity index (χ3v) is 5.41. The van der Waals surface area contributed by atoms with E-state index in [1.54, 1.807) is 28.9 Å². The molecule has 3 N–H and O–H groups in total. The first-order valence-electron chi connectivity index (χ1n) is 10.9. The number of anilines is 2. The van der Waals surface area contributed by atoms with Crippen molar-refractivity contribution < 1.29 is 9.18 Å². The van der Waals surface area contributed by atoms with Crippen molar-refractivity contribution >= 4 is 17.3 Å². The van der Waals surface area contributed by atoms with Gasteiger partial charge in [0.1, 0.15) is 5.82 Å². The lowest BCUT2D eigenvalue weighted by atomic mass is 10.0. The average Bonchev–Trinajstić information content (AvgIpc) is 3.26. The second-order valence-corrected chi connectivity index (χ2v) is 8.07. The van der Waals surface area contributed by atoms with Gasteiger partial charge in [0, 0.05) is 25.6 Å². The molecule has 4 aromatic rings. The number of carbonyl (C=O) groups is 1. The van der Waals surface area contributed by atoms with Crippen LogP contribution in [0.3, 0.4) is 0 Å². The summed E-state index contributed by atoms with van der Waals surface area (Å²) < 4.78 is 15.0. The third-order valence-electron chi connectivity index (χ3n) is 5.41. The van der Waals surface area contributed by atoms with E-state index in [2.05, 4.69) is 46.8 Å². The highest BCUT2D eigenvalue weighted by Crippen LogP contribution is 2.27. The Morgan fingerprint density at radius 1 is 1.03 bits per heavy atom. The van der Waals surface area contributed by atoms with Gasteiger partial charge in [-0.2, -0.15) is 0 Å². The van der Waals surface area contributed by atoms with Crippen LogP contribution in [0, 0.1) is 12.7 Å². The zero-order valence-electron chi connectivity index (χ0n) is 18.5. The van der Waals surface area contributed by atoms with Gasteiger partial charge >= 0.3 is 0 Å². The molecule has 0 radical (unpaired) electrons. The molecule has 1 heterocycles. The predicted octanol–water partition coefficient (Wildman–Crippen LogP) is 4.79. The minimum absolute atomic E-state index is 0.160. The van der Waals surface area contributed by atoms with E-state index < -0.39 is 0 Å². The van der Waals surface area contributed by atoms with Crippen molar-refractivity contribution in [3.05, 3.63) is 95.6 Å². The number of hydrogen-bond donors (Lipinski definition) is 2. The van der Waals surface area contributed by atoms with Gasteiger partial charge in [-0.15, -0.1) is 5.10 Å². The van der Waals surface area contributed by atoms with Crippen LogP contribution in [0.5, 0.6) is 0 Å². The van der Waals surface area contributed by atoms with Crippen LogP contribution in [0.4, 0.5) is 15.8 Å². The molecule has 33 heavy (non-hydrogen) atoms. The molecule has 7 heteroatoms. The summed E-state index contributed by atoms with van der Waals surface area (Å²) in [6, 6.07) is 19.9. The Kier molecular flexibility index (Phi) is 6.78. The molecular formula is C26H26FN5O. The summed E-state index contributed by atoms with van der Waals surface area (Å²) in [6.45, 7) is 2.81. The van der Waals surface area contributed by atoms with Gasteiger partial charge in [0.2, 0.25) is 5.91 Å². The number of nitrogens with two attached hydrogens (primary N) is 1. The molecule has 0 aliphatic carbocycles. The molecular weight excluding hydrogens is 417 g/mol. The molecule has 1 aromatic heterocycles. The van der Waals surface area contributed by atoms with Gasteiger partial charge in [0.25, 0.3) is 0 Å². The Bertz CT molecular complexity index is 1250. The lowest BCUT2D eigenvalue weighted by Crippen LogP contribution is -2.13. The van der Waals surface area contributed by atoms with Crippen LogP contribution < -0.4 is 11.1 Å². The maximum absolute atomic E-state index is 13.2. The largest absolute Gasteiger partial charge is 0.397 e. The smallest absolute Gasteiger partial charge is 0.224 e. The van der Waals surface area contributed by atoms with Crippen LogP contribution in [-0.4, -0.2) is 20.9 Å². The number of nitrogens with one attached hydrogen (secondary N) is 1. The van der Waals surface area contributed by atoms with Crippen molar-refractivity contribution in [2.45, 2.75) is 32.7 Å². The van der Waals surface area contributed by atoms with Gasteiger partial charge < -0.3 is 11.1 Å². The molecule has 0 fully saturated rings. The molecule has 0 bridgehead atoms. The highest BCUT2D eigenvalue weighted by Gasteiger charge is 2.10. The van der Waals surface area contributed by atoms with Gasteiger partial charge in [0.05, 0.1) is 17.1 Å². The maximum atomic E-state index is 13.2. The first-order valence-corrected chi connectivity index (χ1v) is 10.9. The second kappa shape index (κ2) is 10.1. The molecule has 1 amide bonds. The second-order valence-electron chi connectivity index (χ2n) is 8.07. The number of aromatic nitrogens is 3. The standard InChI is InChI=1S/C26H26FN5O/c1-18-3-2-4-19(15-18)13-14-32-17-23(30-31-32)10-12-26(33)29-25-16-21(7-11-24(25)28)20-5-8-22(27)9-6-20/h2-9,11,15-17H,10,12-14,28H2,1H3,(H,29,33). The molecule has 0 unspecified atom stereocenters. The number of nitrogens with zero attached hydrogens (tertiary/aromatic N) is 3. The fraction of sp³-hybridized carbons (Fsp3) is 0.192. The van der Waals surface area contributed by atoms with E-state index in [1.807, 2.05) is 12.3 Å².